The molecule has 3 aromatic rings. The molecule has 0 spiro atoms. The number of aromatic nitrogens is 1. The number of hydrogen-bond acceptors (Lipinski definition) is 7. The molecule has 4 rings (SSSR count). The summed E-state index contributed by atoms with van der Waals surface area (Å²) in [5.74, 6) is -0.788. The number of rotatable bonds is 9. The van der Waals surface area contributed by atoms with Gasteiger partial charge in [0.2, 0.25) is 10.0 Å². The van der Waals surface area contributed by atoms with Gasteiger partial charge < -0.3 is 9.64 Å². The molecule has 2 heterocycles. The first-order valence-electron chi connectivity index (χ1n) is 10.9. The lowest BCUT2D eigenvalue weighted by Gasteiger charge is -2.38. The second-order valence-electron chi connectivity index (χ2n) is 7.92. The van der Waals surface area contributed by atoms with Gasteiger partial charge in [0.25, 0.3) is 0 Å². The van der Waals surface area contributed by atoms with Crippen LogP contribution >= 0.6 is 11.3 Å². The lowest BCUT2D eigenvalue weighted by atomic mass is 10.2. The molecule has 0 aliphatic carbocycles. The maximum absolute atomic E-state index is 13.4. The highest BCUT2D eigenvalue weighted by Gasteiger charge is 2.32. The predicted octanol–water partition coefficient (Wildman–Crippen LogP) is 4.29. The lowest BCUT2D eigenvalue weighted by molar-refractivity contribution is 0.0234. The first kappa shape index (κ1) is 23.6. The van der Waals surface area contributed by atoms with Crippen molar-refractivity contribution in [2.24, 2.45) is 0 Å². The van der Waals surface area contributed by atoms with Crippen LogP contribution in [-0.4, -0.2) is 56.0 Å². The lowest BCUT2D eigenvalue weighted by Crippen LogP contribution is -2.53. The summed E-state index contributed by atoms with van der Waals surface area (Å²) in [7, 11) is -3.59. The molecular formula is C23H26FN3O4S2. The van der Waals surface area contributed by atoms with E-state index >= 15 is 0 Å². The second-order valence-corrected chi connectivity index (χ2v) is 10.9. The van der Waals surface area contributed by atoms with Crippen molar-refractivity contribution < 1.29 is 22.3 Å². The van der Waals surface area contributed by atoms with Crippen molar-refractivity contribution in [1.82, 2.24) is 9.29 Å². The van der Waals surface area contributed by atoms with Crippen molar-refractivity contribution in [3.63, 3.8) is 0 Å². The van der Waals surface area contributed by atoms with Gasteiger partial charge in [-0.05, 0) is 48.9 Å². The molecule has 1 aliphatic heterocycles. The summed E-state index contributed by atoms with van der Waals surface area (Å²) in [5.41, 5.74) is 1.04. The molecule has 7 nitrogen and oxygen atoms in total. The minimum absolute atomic E-state index is 0.166. The Hall–Kier alpha value is -2.56. The number of thiazole rings is 1. The summed E-state index contributed by atoms with van der Waals surface area (Å²) in [6.07, 6.45) is 1.42. The van der Waals surface area contributed by atoms with Crippen molar-refractivity contribution >= 4 is 42.7 Å². The van der Waals surface area contributed by atoms with Crippen molar-refractivity contribution in [1.29, 1.82) is 0 Å². The Labute approximate surface area is 196 Å². The number of unbranched alkanes of at least 4 members (excludes halogenated alkanes) is 1. The quantitative estimate of drug-likeness (QED) is 0.416. The number of fused-ring (bicyclic) bond motifs is 1. The maximum atomic E-state index is 13.4. The average molecular weight is 492 g/mol. The van der Waals surface area contributed by atoms with Crippen LogP contribution in [-0.2, 0) is 14.8 Å². The highest BCUT2D eigenvalue weighted by molar-refractivity contribution is 7.89. The molecule has 176 valence electrons. The van der Waals surface area contributed by atoms with E-state index in [1.165, 1.54) is 52.0 Å². The summed E-state index contributed by atoms with van der Waals surface area (Å²) in [5, 5.41) is 0.765. The zero-order valence-electron chi connectivity index (χ0n) is 18.5. The highest BCUT2D eigenvalue weighted by Crippen LogP contribution is 2.32. The van der Waals surface area contributed by atoms with Gasteiger partial charge in [-0.15, -0.1) is 0 Å². The van der Waals surface area contributed by atoms with Gasteiger partial charge in [-0.1, -0.05) is 31.6 Å². The average Bonchev–Trinajstić information content (AvgIpc) is 3.18. The molecule has 0 saturated carbocycles. The Bertz CT molecular complexity index is 1240. The summed E-state index contributed by atoms with van der Waals surface area (Å²) in [4.78, 5) is 19.1. The van der Waals surface area contributed by atoms with E-state index in [1.54, 1.807) is 6.07 Å². The number of halogens is 1. The van der Waals surface area contributed by atoms with Crippen LogP contribution in [0.1, 0.15) is 37.0 Å². The number of sulfonamides is 1. The van der Waals surface area contributed by atoms with E-state index in [9.17, 15) is 17.6 Å². The third-order valence-electron chi connectivity index (χ3n) is 5.57. The monoisotopic (exact) mass is 491 g/mol. The number of anilines is 1. The molecule has 33 heavy (non-hydrogen) atoms. The Morgan fingerprint density at radius 1 is 1.21 bits per heavy atom. The predicted molar refractivity (Wildman–Crippen MR) is 127 cm³/mol. The Balaban J connectivity index is 1.34. The topological polar surface area (TPSA) is 79.8 Å². The van der Waals surface area contributed by atoms with Crippen LogP contribution in [0.3, 0.4) is 0 Å². The third-order valence-corrected chi connectivity index (χ3v) is 8.64. The number of carbonyl (C=O) groups excluding carboxylic acids is 1. The number of benzene rings is 2. The van der Waals surface area contributed by atoms with Gasteiger partial charge in [0.05, 0.1) is 33.8 Å². The second kappa shape index (κ2) is 9.74. The largest absolute Gasteiger partial charge is 0.455 e. The third kappa shape index (κ3) is 5.02. The number of nitrogens with zero attached hydrogens (tertiary/aromatic N) is 3. The molecule has 0 N–H and O–H groups in total. The van der Waals surface area contributed by atoms with Crippen molar-refractivity contribution in [2.45, 2.75) is 37.7 Å². The van der Waals surface area contributed by atoms with Gasteiger partial charge in [0, 0.05) is 13.1 Å². The SMILES string of the molecule is CCCCN(CC)S(=O)(=O)c1ccc(C(=O)OC2CN(c3nc4ccc(F)cc4s3)C2)cc1. The van der Waals surface area contributed by atoms with Crippen LogP contribution in [0.5, 0.6) is 0 Å². The molecule has 10 heteroatoms. The first-order valence-corrected chi connectivity index (χ1v) is 13.2. The minimum atomic E-state index is -3.59. The summed E-state index contributed by atoms with van der Waals surface area (Å²) >= 11 is 1.40. The number of carbonyl (C=O) groups is 1. The summed E-state index contributed by atoms with van der Waals surface area (Å²) in [6, 6.07) is 10.4. The smallest absolute Gasteiger partial charge is 0.338 e. The molecule has 1 fully saturated rings. The molecular weight excluding hydrogens is 465 g/mol. The van der Waals surface area contributed by atoms with E-state index in [0.717, 1.165) is 28.2 Å². The van der Waals surface area contributed by atoms with E-state index in [2.05, 4.69) is 4.98 Å². The fourth-order valence-corrected chi connectivity index (χ4v) is 6.10. The minimum Gasteiger partial charge on any atom is -0.455 e. The van der Waals surface area contributed by atoms with Crippen LogP contribution in [0.2, 0.25) is 0 Å². The molecule has 2 aromatic carbocycles. The molecule has 1 saturated heterocycles. The zero-order chi connectivity index (χ0) is 23.6. The molecule has 0 radical (unpaired) electrons. The van der Waals surface area contributed by atoms with Gasteiger partial charge in [-0.3, -0.25) is 0 Å². The molecule has 1 aliphatic rings. The van der Waals surface area contributed by atoms with Crippen LogP contribution in [0, 0.1) is 5.82 Å². The van der Waals surface area contributed by atoms with E-state index in [4.69, 9.17) is 4.74 Å². The summed E-state index contributed by atoms with van der Waals surface area (Å²) in [6.45, 7) is 5.71. The van der Waals surface area contributed by atoms with Crippen LogP contribution in [0.15, 0.2) is 47.4 Å². The van der Waals surface area contributed by atoms with Crippen LogP contribution < -0.4 is 4.90 Å². The maximum Gasteiger partial charge on any atom is 0.338 e. The van der Waals surface area contributed by atoms with Gasteiger partial charge in [0.1, 0.15) is 11.9 Å². The van der Waals surface area contributed by atoms with Gasteiger partial charge in [0.15, 0.2) is 5.13 Å². The summed E-state index contributed by atoms with van der Waals surface area (Å²) < 4.78 is 46.8. The molecule has 1 aromatic heterocycles. The Morgan fingerprint density at radius 2 is 1.94 bits per heavy atom. The fraction of sp³-hybridized carbons (Fsp3) is 0.391. The first-order chi connectivity index (χ1) is 15.8. The van der Waals surface area contributed by atoms with Crippen molar-refractivity contribution in [3.8, 4) is 0 Å². The molecule has 0 atom stereocenters. The van der Waals surface area contributed by atoms with Crippen molar-refractivity contribution in [3.05, 3.63) is 53.8 Å². The Kier molecular flexibility index (Phi) is 6.96. The van der Waals surface area contributed by atoms with E-state index in [0.29, 0.717) is 31.7 Å². The van der Waals surface area contributed by atoms with Gasteiger partial charge in [-0.2, -0.15) is 4.31 Å². The van der Waals surface area contributed by atoms with E-state index in [-0.39, 0.29) is 16.8 Å². The Morgan fingerprint density at radius 3 is 2.61 bits per heavy atom. The van der Waals surface area contributed by atoms with E-state index < -0.39 is 16.0 Å². The molecule has 0 amide bonds. The normalized spacial score (nSPS) is 14.6. The van der Waals surface area contributed by atoms with Crippen LogP contribution in [0.4, 0.5) is 9.52 Å². The standard InChI is InChI=1S/C23H26FN3O4S2/c1-3-5-12-27(4-2)33(29,30)19-9-6-16(7-10-19)22(28)31-18-14-26(15-18)23-25-20-11-8-17(24)13-21(20)32-23/h6-11,13,18H,3-5,12,14-15H2,1-2H3. The zero-order valence-corrected chi connectivity index (χ0v) is 20.2. The van der Waals surface area contributed by atoms with Gasteiger partial charge in [-0.25, -0.2) is 22.6 Å². The highest BCUT2D eigenvalue weighted by atomic mass is 32.2. The molecule has 0 unspecified atom stereocenters. The van der Waals surface area contributed by atoms with Crippen molar-refractivity contribution in [2.75, 3.05) is 31.1 Å². The number of esters is 1. The van der Waals surface area contributed by atoms with Crippen LogP contribution in [0.25, 0.3) is 10.2 Å². The van der Waals surface area contributed by atoms with Gasteiger partial charge >= 0.3 is 5.97 Å². The number of hydrogen-bond donors (Lipinski definition) is 0. The number of ether oxygens (including phenoxy) is 1. The van der Waals surface area contributed by atoms with E-state index in [1.807, 2.05) is 18.7 Å². The fourth-order valence-electron chi connectivity index (χ4n) is 3.60. The molecule has 0 bridgehead atoms.